The normalized spacial score (nSPS) is 16.2. The predicted octanol–water partition coefficient (Wildman–Crippen LogP) is 16.1. The van der Waals surface area contributed by atoms with Gasteiger partial charge in [0, 0.05) is 0 Å². The molecule has 0 radical (unpaired) electrons. The van der Waals surface area contributed by atoms with Gasteiger partial charge in [-0.05, 0) is 139 Å². The van der Waals surface area contributed by atoms with Gasteiger partial charge in [0.1, 0.15) is 0 Å². The second-order valence-electron chi connectivity index (χ2n) is 16.0. The highest BCUT2D eigenvalue weighted by Gasteiger charge is 2.21. The summed E-state index contributed by atoms with van der Waals surface area (Å²) >= 11 is 0. The maximum absolute atomic E-state index is 2.39. The first-order valence-electron chi connectivity index (χ1n) is 20.2. The van der Waals surface area contributed by atoms with Crippen LogP contribution in [0.4, 0.5) is 0 Å². The summed E-state index contributed by atoms with van der Waals surface area (Å²) in [5.41, 5.74) is 18.4. The molecule has 56 heavy (non-hydrogen) atoms. The molecule has 1 aliphatic rings. The lowest BCUT2D eigenvalue weighted by Gasteiger charge is -2.22. The number of hydrogen-bond acceptors (Lipinski definition) is 0. The fraction of sp³-hybridized carbons (Fsp3) is 0.143. The average molecular weight is 721 g/mol. The fourth-order valence-electron chi connectivity index (χ4n) is 9.18. The molecular weight excluding hydrogens is 673 g/mol. The Morgan fingerprint density at radius 2 is 0.946 bits per heavy atom. The summed E-state index contributed by atoms with van der Waals surface area (Å²) in [5, 5.41) is 7.68. The van der Waals surface area contributed by atoms with Crippen molar-refractivity contribution in [2.75, 3.05) is 0 Å². The van der Waals surface area contributed by atoms with Gasteiger partial charge in [0.25, 0.3) is 0 Å². The summed E-state index contributed by atoms with van der Waals surface area (Å²) in [6.07, 6.45) is 9.10. The number of hydrogen-bond donors (Lipinski definition) is 0. The van der Waals surface area contributed by atoms with Gasteiger partial charge in [-0.3, -0.25) is 0 Å². The van der Waals surface area contributed by atoms with Crippen LogP contribution in [0.3, 0.4) is 0 Å². The van der Waals surface area contributed by atoms with Crippen LogP contribution >= 0.6 is 0 Å². The summed E-state index contributed by atoms with van der Waals surface area (Å²) in [6.45, 7) is 11.4. The molecule has 0 amide bonds. The predicted molar refractivity (Wildman–Crippen MR) is 244 cm³/mol. The summed E-state index contributed by atoms with van der Waals surface area (Å²) in [7, 11) is 0. The van der Waals surface area contributed by atoms with Crippen molar-refractivity contribution >= 4 is 43.5 Å². The minimum atomic E-state index is 0.426. The lowest BCUT2D eigenvalue weighted by Crippen LogP contribution is -1.98. The molecule has 8 aromatic rings. The van der Waals surface area contributed by atoms with Crippen LogP contribution in [0.5, 0.6) is 0 Å². The highest BCUT2D eigenvalue weighted by molar-refractivity contribution is 6.24. The standard InChI is InChI=1S/C56H48/c1-36(2)53-35-38(4)33-39(5)54(53)51-31-32-52(46-18-10-9-17-45(46)51)56-49-21-13-11-19-47(49)55(48-20-12-14-22-50(48)56)43-28-25-42(26-29-43)44-30-27-41(24-23-37(3)34-44)40-15-7-6-8-16-40/h6-22,25-36H,23-24H2,1-5H3/b37-34+,41-27+,44-30+. The minimum Gasteiger partial charge on any atom is -0.0724 e. The largest absolute Gasteiger partial charge is 0.0724 e. The second-order valence-corrected chi connectivity index (χ2v) is 16.0. The van der Waals surface area contributed by atoms with Crippen LogP contribution in [0.1, 0.15) is 67.3 Å². The monoisotopic (exact) mass is 720 g/mol. The molecule has 9 rings (SSSR count). The van der Waals surface area contributed by atoms with Crippen molar-refractivity contribution in [1.82, 2.24) is 0 Å². The lowest BCUT2D eigenvalue weighted by atomic mass is 9.82. The molecule has 0 heteroatoms. The van der Waals surface area contributed by atoms with Crippen molar-refractivity contribution in [2.24, 2.45) is 0 Å². The Bertz CT molecular complexity index is 2820. The van der Waals surface area contributed by atoms with Gasteiger partial charge in [0.05, 0.1) is 0 Å². The van der Waals surface area contributed by atoms with Gasteiger partial charge in [-0.2, -0.15) is 0 Å². The zero-order valence-corrected chi connectivity index (χ0v) is 33.2. The zero-order chi connectivity index (χ0) is 38.3. The summed E-state index contributed by atoms with van der Waals surface area (Å²) in [5.74, 6) is 0.426. The molecule has 0 heterocycles. The van der Waals surface area contributed by atoms with Crippen LogP contribution in [0.15, 0.2) is 175 Å². The fourth-order valence-corrected chi connectivity index (χ4v) is 9.18. The van der Waals surface area contributed by atoms with Crippen LogP contribution in [0, 0.1) is 13.8 Å². The Labute approximate surface area is 332 Å². The highest BCUT2D eigenvalue weighted by Crippen LogP contribution is 2.47. The van der Waals surface area contributed by atoms with Crippen LogP contribution in [-0.4, -0.2) is 0 Å². The van der Waals surface area contributed by atoms with Crippen molar-refractivity contribution in [2.45, 2.75) is 53.4 Å². The van der Waals surface area contributed by atoms with Crippen molar-refractivity contribution in [3.8, 4) is 33.4 Å². The van der Waals surface area contributed by atoms with Crippen molar-refractivity contribution in [3.05, 3.63) is 203 Å². The molecule has 0 fully saturated rings. The van der Waals surface area contributed by atoms with E-state index in [4.69, 9.17) is 0 Å². The SMILES string of the molecule is C\C1=C/C(c2ccc(-c3c4ccccc4c(-c4ccc(-c5c(C)cc(C)cc5C(C)C)c5ccccc45)c4ccccc34)cc2)=C\C=C(\c2ccccc2)CC1. The first-order valence-corrected chi connectivity index (χ1v) is 20.2. The van der Waals surface area contributed by atoms with Crippen LogP contribution in [0.2, 0.25) is 0 Å². The third-order valence-electron chi connectivity index (χ3n) is 11.8. The van der Waals surface area contributed by atoms with E-state index in [9.17, 15) is 0 Å². The van der Waals surface area contributed by atoms with Crippen LogP contribution in [0.25, 0.3) is 76.8 Å². The molecule has 0 nitrogen and oxygen atoms in total. The number of aryl methyl sites for hydroxylation is 2. The molecule has 1 aliphatic carbocycles. The van der Waals surface area contributed by atoms with E-state index >= 15 is 0 Å². The van der Waals surface area contributed by atoms with E-state index in [0.29, 0.717) is 5.92 Å². The van der Waals surface area contributed by atoms with E-state index < -0.39 is 0 Å². The molecule has 0 bridgehead atoms. The number of allylic oxidation sites excluding steroid dienone is 6. The van der Waals surface area contributed by atoms with Crippen molar-refractivity contribution < 1.29 is 0 Å². The third-order valence-corrected chi connectivity index (χ3v) is 11.8. The van der Waals surface area contributed by atoms with Crippen LogP contribution < -0.4 is 0 Å². The minimum absolute atomic E-state index is 0.426. The Hall–Kier alpha value is -6.24. The summed E-state index contributed by atoms with van der Waals surface area (Å²) < 4.78 is 0. The molecule has 272 valence electrons. The van der Waals surface area contributed by atoms with Gasteiger partial charge < -0.3 is 0 Å². The Kier molecular flexibility index (Phi) is 9.36. The Balaban J connectivity index is 1.21. The molecule has 0 spiro atoms. The quantitative estimate of drug-likeness (QED) is 0.150. The van der Waals surface area contributed by atoms with Crippen LogP contribution in [-0.2, 0) is 0 Å². The van der Waals surface area contributed by atoms with E-state index in [1.54, 1.807) is 0 Å². The Morgan fingerprint density at radius 3 is 1.54 bits per heavy atom. The molecule has 0 aromatic heterocycles. The van der Waals surface area contributed by atoms with E-state index in [-0.39, 0.29) is 0 Å². The van der Waals surface area contributed by atoms with Gasteiger partial charge in [0.2, 0.25) is 0 Å². The van der Waals surface area contributed by atoms with E-state index in [1.165, 1.54) is 110 Å². The molecule has 0 atom stereocenters. The number of benzene rings is 8. The third kappa shape index (κ3) is 6.40. The zero-order valence-electron chi connectivity index (χ0n) is 33.2. The maximum atomic E-state index is 2.39. The van der Waals surface area contributed by atoms with Gasteiger partial charge in [-0.15, -0.1) is 0 Å². The van der Waals surface area contributed by atoms with E-state index in [2.05, 4.69) is 205 Å². The molecule has 0 N–H and O–H groups in total. The molecule has 0 unspecified atom stereocenters. The van der Waals surface area contributed by atoms with Gasteiger partial charge in [0.15, 0.2) is 0 Å². The van der Waals surface area contributed by atoms with Gasteiger partial charge in [-0.25, -0.2) is 0 Å². The molecule has 0 aliphatic heterocycles. The van der Waals surface area contributed by atoms with Gasteiger partial charge >= 0.3 is 0 Å². The molecule has 0 saturated heterocycles. The lowest BCUT2D eigenvalue weighted by molar-refractivity contribution is 0.865. The average Bonchev–Trinajstić information content (AvgIpc) is 3.21. The van der Waals surface area contributed by atoms with Crippen molar-refractivity contribution in [1.29, 1.82) is 0 Å². The number of rotatable bonds is 6. The van der Waals surface area contributed by atoms with E-state index in [1.807, 2.05) is 0 Å². The van der Waals surface area contributed by atoms with E-state index in [0.717, 1.165) is 12.8 Å². The summed E-state index contributed by atoms with van der Waals surface area (Å²) in [6, 6.07) is 56.6. The highest BCUT2D eigenvalue weighted by atomic mass is 14.2. The number of fused-ring (bicyclic) bond motifs is 3. The topological polar surface area (TPSA) is 0 Å². The Morgan fingerprint density at radius 1 is 0.429 bits per heavy atom. The van der Waals surface area contributed by atoms with Gasteiger partial charge in [-0.1, -0.05) is 195 Å². The summed E-state index contributed by atoms with van der Waals surface area (Å²) in [4.78, 5) is 0. The van der Waals surface area contributed by atoms with Crippen molar-refractivity contribution in [3.63, 3.8) is 0 Å². The first-order chi connectivity index (χ1) is 27.4. The molecular formula is C56H48. The second kappa shape index (κ2) is 14.8. The maximum Gasteiger partial charge on any atom is -0.00201 e. The smallest absolute Gasteiger partial charge is 0.00201 e. The first kappa shape index (κ1) is 35.5. The molecule has 0 saturated carbocycles. The molecule has 8 aromatic carbocycles.